The van der Waals surface area contributed by atoms with Crippen molar-refractivity contribution in [2.45, 2.75) is 33.7 Å². The molecule has 5 nitrogen and oxygen atoms in total. The van der Waals surface area contributed by atoms with E-state index < -0.39 is 6.04 Å². The van der Waals surface area contributed by atoms with E-state index >= 15 is 0 Å². The average molecular weight is 299 g/mol. The molecule has 0 saturated heterocycles. The normalized spacial score (nSPS) is 12.5. The molecule has 0 aliphatic heterocycles. The van der Waals surface area contributed by atoms with Crippen LogP contribution in [0.1, 0.15) is 29.2 Å². The molecule has 7 heteroatoms. The predicted molar refractivity (Wildman–Crippen MR) is 76.9 cm³/mol. The molecule has 0 spiro atoms. The summed E-state index contributed by atoms with van der Waals surface area (Å²) in [5.74, 6) is -0.156. The Kier molecular flexibility index (Phi) is 3.91. The van der Waals surface area contributed by atoms with Crippen LogP contribution >= 0.6 is 22.9 Å². The lowest BCUT2D eigenvalue weighted by Crippen LogP contribution is -2.25. The van der Waals surface area contributed by atoms with Crippen molar-refractivity contribution in [3.63, 3.8) is 0 Å². The highest BCUT2D eigenvalue weighted by Crippen LogP contribution is 2.23. The summed E-state index contributed by atoms with van der Waals surface area (Å²) in [6, 6.07) is -0.433. The molecule has 0 aliphatic carbocycles. The van der Waals surface area contributed by atoms with Crippen molar-refractivity contribution >= 4 is 34.0 Å². The van der Waals surface area contributed by atoms with E-state index in [0.717, 1.165) is 16.3 Å². The van der Waals surface area contributed by atoms with Crippen molar-refractivity contribution in [2.75, 3.05) is 5.32 Å². The van der Waals surface area contributed by atoms with Gasteiger partial charge in [0, 0.05) is 4.88 Å². The molecule has 1 N–H and O–H groups in total. The van der Waals surface area contributed by atoms with Crippen LogP contribution in [0, 0.1) is 20.8 Å². The highest BCUT2D eigenvalue weighted by Gasteiger charge is 2.20. The Morgan fingerprint density at radius 1 is 1.47 bits per heavy atom. The maximum absolute atomic E-state index is 12.1. The lowest BCUT2D eigenvalue weighted by Gasteiger charge is -2.13. The first-order valence-corrected chi connectivity index (χ1v) is 7.04. The van der Waals surface area contributed by atoms with Crippen molar-refractivity contribution in [2.24, 2.45) is 0 Å². The third-order valence-electron chi connectivity index (χ3n) is 2.99. The molecule has 0 aromatic carbocycles. The largest absolute Gasteiger partial charge is 0.300 e. The fourth-order valence-corrected chi connectivity index (χ4v) is 2.59. The number of carbonyl (C=O) groups excluding carboxylic acids is 1. The molecule has 19 heavy (non-hydrogen) atoms. The van der Waals surface area contributed by atoms with Gasteiger partial charge < -0.3 is 5.32 Å². The summed E-state index contributed by atoms with van der Waals surface area (Å²) < 4.78 is 1.60. The predicted octanol–water partition coefficient (Wildman–Crippen LogP) is 3.12. The first-order valence-electron chi connectivity index (χ1n) is 5.84. The summed E-state index contributed by atoms with van der Waals surface area (Å²) in [6.07, 6.45) is 1.54. The molecule has 102 valence electrons. The zero-order chi connectivity index (χ0) is 14.2. The highest BCUT2D eigenvalue weighted by molar-refractivity contribution is 7.15. The Morgan fingerprint density at radius 3 is 2.63 bits per heavy atom. The number of aromatic nitrogens is 3. The van der Waals surface area contributed by atoms with Crippen LogP contribution in [0.15, 0.2) is 6.20 Å². The van der Waals surface area contributed by atoms with Gasteiger partial charge in [-0.05, 0) is 27.7 Å². The average Bonchev–Trinajstić information content (AvgIpc) is 2.83. The standard InChI is InChI=1S/C12H15ClN4OS/c1-6-9(4)19-12(15-6)16-11(18)8(3)17-7(2)10(13)5-14-17/h5,8H,1-4H3,(H,15,16,18). The molecule has 0 aliphatic rings. The minimum absolute atomic E-state index is 0.156. The monoisotopic (exact) mass is 298 g/mol. The summed E-state index contributed by atoms with van der Waals surface area (Å²) >= 11 is 7.40. The number of aryl methyl sites for hydroxylation is 2. The molecule has 1 atom stereocenters. The summed E-state index contributed by atoms with van der Waals surface area (Å²) in [5, 5.41) is 8.08. The van der Waals surface area contributed by atoms with Crippen LogP contribution in [-0.2, 0) is 4.79 Å². The van der Waals surface area contributed by atoms with Gasteiger partial charge in [0.05, 0.1) is 22.6 Å². The van der Waals surface area contributed by atoms with Gasteiger partial charge in [-0.15, -0.1) is 11.3 Å². The van der Waals surface area contributed by atoms with Gasteiger partial charge in [-0.2, -0.15) is 5.10 Å². The summed E-state index contributed by atoms with van der Waals surface area (Å²) in [7, 11) is 0. The molecular formula is C12H15ClN4OS. The molecule has 0 radical (unpaired) electrons. The minimum Gasteiger partial charge on any atom is -0.300 e. The summed E-state index contributed by atoms with van der Waals surface area (Å²) in [6.45, 7) is 7.50. The quantitative estimate of drug-likeness (QED) is 0.947. The molecule has 2 aromatic heterocycles. The molecule has 2 aromatic rings. The Morgan fingerprint density at radius 2 is 2.16 bits per heavy atom. The lowest BCUT2D eigenvalue weighted by molar-refractivity contribution is -0.119. The van der Waals surface area contributed by atoms with Crippen LogP contribution in [0.4, 0.5) is 5.13 Å². The molecule has 1 unspecified atom stereocenters. The number of hydrogen-bond acceptors (Lipinski definition) is 4. The van der Waals surface area contributed by atoms with Gasteiger partial charge in [-0.3, -0.25) is 9.48 Å². The Hall–Kier alpha value is -1.40. The van der Waals surface area contributed by atoms with Crippen LogP contribution < -0.4 is 5.32 Å². The zero-order valence-corrected chi connectivity index (χ0v) is 12.8. The number of anilines is 1. The number of nitrogens with zero attached hydrogens (tertiary/aromatic N) is 3. The van der Waals surface area contributed by atoms with Crippen LogP contribution in [0.3, 0.4) is 0 Å². The van der Waals surface area contributed by atoms with E-state index in [0.29, 0.717) is 10.2 Å². The summed E-state index contributed by atoms with van der Waals surface area (Å²) in [4.78, 5) is 17.5. The lowest BCUT2D eigenvalue weighted by atomic mass is 10.3. The second-order valence-electron chi connectivity index (χ2n) is 4.35. The third-order valence-corrected chi connectivity index (χ3v) is 4.35. The number of halogens is 1. The minimum atomic E-state index is -0.433. The molecule has 0 saturated carbocycles. The van der Waals surface area contributed by atoms with E-state index in [9.17, 15) is 4.79 Å². The van der Waals surface area contributed by atoms with E-state index in [1.54, 1.807) is 17.8 Å². The number of amides is 1. The fourth-order valence-electron chi connectivity index (χ4n) is 1.64. The first kappa shape index (κ1) is 14.0. The van der Waals surface area contributed by atoms with E-state index in [2.05, 4.69) is 15.4 Å². The van der Waals surface area contributed by atoms with Crippen LogP contribution in [0.5, 0.6) is 0 Å². The highest BCUT2D eigenvalue weighted by atomic mass is 35.5. The molecule has 2 heterocycles. The van der Waals surface area contributed by atoms with Gasteiger partial charge in [0.2, 0.25) is 0 Å². The zero-order valence-electron chi connectivity index (χ0n) is 11.2. The van der Waals surface area contributed by atoms with Crippen molar-refractivity contribution < 1.29 is 4.79 Å². The van der Waals surface area contributed by atoms with Crippen LogP contribution in [-0.4, -0.2) is 20.7 Å². The molecule has 0 fully saturated rings. The SMILES string of the molecule is Cc1nc(NC(=O)C(C)n2ncc(Cl)c2C)sc1C. The molecule has 0 bridgehead atoms. The van der Waals surface area contributed by atoms with E-state index in [1.807, 2.05) is 20.8 Å². The Bertz CT molecular complexity index is 600. The molecule has 2 rings (SSSR count). The van der Waals surface area contributed by atoms with Crippen LogP contribution in [0.25, 0.3) is 0 Å². The third kappa shape index (κ3) is 2.79. The van der Waals surface area contributed by atoms with Crippen molar-refractivity contribution in [3.8, 4) is 0 Å². The van der Waals surface area contributed by atoms with E-state index in [4.69, 9.17) is 11.6 Å². The maximum Gasteiger partial charge on any atom is 0.250 e. The maximum atomic E-state index is 12.1. The Labute approximate surface area is 120 Å². The second-order valence-corrected chi connectivity index (χ2v) is 5.96. The van der Waals surface area contributed by atoms with Crippen LogP contribution in [0.2, 0.25) is 5.02 Å². The summed E-state index contributed by atoms with van der Waals surface area (Å²) in [5.41, 5.74) is 1.71. The van der Waals surface area contributed by atoms with E-state index in [-0.39, 0.29) is 5.91 Å². The van der Waals surface area contributed by atoms with Gasteiger partial charge in [0.15, 0.2) is 5.13 Å². The number of hydrogen-bond donors (Lipinski definition) is 1. The Balaban J connectivity index is 2.14. The topological polar surface area (TPSA) is 59.8 Å². The number of nitrogens with one attached hydrogen (secondary N) is 1. The van der Waals surface area contributed by atoms with Crippen molar-refractivity contribution in [3.05, 3.63) is 27.5 Å². The first-order chi connectivity index (χ1) is 8.90. The number of rotatable bonds is 3. The smallest absolute Gasteiger partial charge is 0.250 e. The van der Waals surface area contributed by atoms with Crippen molar-refractivity contribution in [1.29, 1.82) is 0 Å². The van der Waals surface area contributed by atoms with Gasteiger partial charge in [-0.25, -0.2) is 4.98 Å². The number of thiazole rings is 1. The van der Waals surface area contributed by atoms with E-state index in [1.165, 1.54) is 11.3 Å². The van der Waals surface area contributed by atoms with Gasteiger partial charge in [0.25, 0.3) is 5.91 Å². The molecular weight excluding hydrogens is 284 g/mol. The van der Waals surface area contributed by atoms with Gasteiger partial charge >= 0.3 is 0 Å². The second kappa shape index (κ2) is 5.30. The van der Waals surface area contributed by atoms with Gasteiger partial charge in [-0.1, -0.05) is 11.6 Å². The molecule has 1 amide bonds. The number of carbonyl (C=O) groups is 1. The van der Waals surface area contributed by atoms with Crippen molar-refractivity contribution in [1.82, 2.24) is 14.8 Å². The fraction of sp³-hybridized carbons (Fsp3) is 0.417. The van der Waals surface area contributed by atoms with Gasteiger partial charge in [0.1, 0.15) is 6.04 Å².